The largest absolute Gasteiger partial charge is 0.271 e. The Morgan fingerprint density at radius 3 is 2.52 bits per heavy atom. The van der Waals surface area contributed by atoms with E-state index in [0.29, 0.717) is 5.02 Å². The second-order valence-electron chi connectivity index (χ2n) is 5.18. The molecule has 0 spiro atoms. The molecule has 0 aliphatic heterocycles. The topological polar surface area (TPSA) is 38.0 Å². The number of hydrazine groups is 1. The summed E-state index contributed by atoms with van der Waals surface area (Å²) in [6.07, 6.45) is 3.91. The van der Waals surface area contributed by atoms with E-state index in [1.807, 2.05) is 18.2 Å². The monoisotopic (exact) mass is 322 g/mol. The van der Waals surface area contributed by atoms with Crippen LogP contribution >= 0.6 is 23.2 Å². The molecule has 0 fully saturated rings. The Balaban J connectivity index is 1.87. The van der Waals surface area contributed by atoms with Gasteiger partial charge in [-0.1, -0.05) is 53.5 Å². The van der Waals surface area contributed by atoms with E-state index in [4.69, 9.17) is 29.0 Å². The number of hydrogen-bond acceptors (Lipinski definition) is 2. The fraction of sp³-hybridized carbons (Fsp3) is 0.294. The lowest BCUT2D eigenvalue weighted by Crippen LogP contribution is -2.36. The van der Waals surface area contributed by atoms with Gasteiger partial charge in [-0.2, -0.15) is 0 Å². The first-order valence-corrected chi connectivity index (χ1v) is 7.88. The summed E-state index contributed by atoms with van der Waals surface area (Å²) in [7, 11) is 0. The van der Waals surface area contributed by atoms with E-state index in [9.17, 15) is 0 Å². The zero-order chi connectivity index (χ0) is 15.1. The molecule has 0 amide bonds. The van der Waals surface area contributed by atoms with Gasteiger partial charge in [0, 0.05) is 16.1 Å². The highest BCUT2D eigenvalue weighted by molar-refractivity contribution is 6.33. The van der Waals surface area contributed by atoms with Gasteiger partial charge >= 0.3 is 0 Å². The van der Waals surface area contributed by atoms with Crippen LogP contribution < -0.4 is 11.3 Å². The summed E-state index contributed by atoms with van der Waals surface area (Å²) in [6.45, 7) is 0. The predicted molar refractivity (Wildman–Crippen MR) is 90.7 cm³/mol. The van der Waals surface area contributed by atoms with E-state index in [-0.39, 0.29) is 6.04 Å². The van der Waals surface area contributed by atoms with Crippen LogP contribution in [0.1, 0.15) is 24.0 Å². The van der Waals surface area contributed by atoms with E-state index in [1.54, 1.807) is 6.07 Å². The third-order valence-electron chi connectivity index (χ3n) is 3.57. The van der Waals surface area contributed by atoms with Crippen LogP contribution in [0.25, 0.3) is 0 Å². The van der Waals surface area contributed by atoms with Crippen molar-refractivity contribution in [2.45, 2.75) is 31.7 Å². The number of benzene rings is 2. The molecule has 3 N–H and O–H groups in total. The molecule has 0 aliphatic rings. The summed E-state index contributed by atoms with van der Waals surface area (Å²) in [5.41, 5.74) is 5.27. The molecule has 0 aromatic heterocycles. The molecule has 1 atom stereocenters. The SMILES string of the molecule is NNC(CCCc1ccccc1)Cc1cc(Cl)ccc1Cl. The first kappa shape index (κ1) is 16.3. The smallest absolute Gasteiger partial charge is 0.0439 e. The summed E-state index contributed by atoms with van der Waals surface area (Å²) in [5.74, 6) is 5.66. The minimum atomic E-state index is 0.199. The normalized spacial score (nSPS) is 12.3. The standard InChI is InChI=1S/C17H20Cl2N2/c18-15-9-10-17(19)14(11-15)12-16(21-20)8-4-7-13-5-2-1-3-6-13/h1-3,5-6,9-11,16,21H,4,7-8,12,20H2. The van der Waals surface area contributed by atoms with E-state index in [1.165, 1.54) is 5.56 Å². The van der Waals surface area contributed by atoms with Gasteiger partial charge in [0.15, 0.2) is 0 Å². The van der Waals surface area contributed by atoms with Crippen LogP contribution in [0.3, 0.4) is 0 Å². The molecule has 0 saturated heterocycles. The lowest BCUT2D eigenvalue weighted by atomic mass is 9.99. The van der Waals surface area contributed by atoms with Gasteiger partial charge < -0.3 is 0 Å². The van der Waals surface area contributed by atoms with Crippen molar-refractivity contribution in [3.8, 4) is 0 Å². The number of nitrogens with one attached hydrogen (secondary N) is 1. The van der Waals surface area contributed by atoms with E-state index >= 15 is 0 Å². The van der Waals surface area contributed by atoms with Crippen LogP contribution in [0.15, 0.2) is 48.5 Å². The van der Waals surface area contributed by atoms with Gasteiger partial charge in [0.1, 0.15) is 0 Å². The highest BCUT2D eigenvalue weighted by Gasteiger charge is 2.10. The zero-order valence-electron chi connectivity index (χ0n) is 11.9. The van der Waals surface area contributed by atoms with Crippen LogP contribution in [0.5, 0.6) is 0 Å². The van der Waals surface area contributed by atoms with Crippen LogP contribution in [0, 0.1) is 0 Å². The van der Waals surface area contributed by atoms with Gasteiger partial charge in [-0.15, -0.1) is 0 Å². The molecule has 2 nitrogen and oxygen atoms in total. The van der Waals surface area contributed by atoms with Gasteiger partial charge in [0.25, 0.3) is 0 Å². The Morgan fingerprint density at radius 1 is 1.05 bits per heavy atom. The van der Waals surface area contributed by atoms with Crippen molar-refractivity contribution in [2.24, 2.45) is 5.84 Å². The molecule has 1 unspecified atom stereocenters. The summed E-state index contributed by atoms with van der Waals surface area (Å²) in [5, 5.41) is 1.44. The van der Waals surface area contributed by atoms with Gasteiger partial charge in [0.05, 0.1) is 0 Å². The zero-order valence-corrected chi connectivity index (χ0v) is 13.4. The Kier molecular flexibility index (Phi) is 6.52. The van der Waals surface area contributed by atoms with Gasteiger partial charge in [-0.05, 0) is 55.0 Å². The number of hydrogen-bond donors (Lipinski definition) is 2. The molecule has 0 heterocycles. The predicted octanol–water partition coefficient (Wildman–Crippen LogP) is 4.39. The van der Waals surface area contributed by atoms with Crippen molar-refractivity contribution in [3.05, 3.63) is 69.7 Å². The van der Waals surface area contributed by atoms with Crippen molar-refractivity contribution < 1.29 is 0 Å². The van der Waals surface area contributed by atoms with Crippen molar-refractivity contribution >= 4 is 23.2 Å². The lowest BCUT2D eigenvalue weighted by molar-refractivity contribution is 0.476. The maximum atomic E-state index is 6.20. The van der Waals surface area contributed by atoms with Crippen molar-refractivity contribution in [2.75, 3.05) is 0 Å². The van der Waals surface area contributed by atoms with Crippen molar-refractivity contribution in [1.82, 2.24) is 5.43 Å². The molecule has 2 aromatic rings. The molecule has 112 valence electrons. The lowest BCUT2D eigenvalue weighted by Gasteiger charge is -2.17. The second-order valence-corrected chi connectivity index (χ2v) is 6.02. The van der Waals surface area contributed by atoms with Gasteiger partial charge in [-0.25, -0.2) is 0 Å². The average molecular weight is 323 g/mol. The molecule has 0 bridgehead atoms. The summed E-state index contributed by atoms with van der Waals surface area (Å²) in [4.78, 5) is 0. The van der Waals surface area contributed by atoms with Crippen LogP contribution in [0.2, 0.25) is 10.0 Å². The summed E-state index contributed by atoms with van der Waals surface area (Å²) < 4.78 is 0. The Morgan fingerprint density at radius 2 is 1.81 bits per heavy atom. The maximum absolute atomic E-state index is 6.20. The van der Waals surface area contributed by atoms with E-state index in [2.05, 4.69) is 29.7 Å². The minimum Gasteiger partial charge on any atom is -0.271 e. The van der Waals surface area contributed by atoms with Crippen LogP contribution in [0.4, 0.5) is 0 Å². The Labute approximate surface area is 136 Å². The summed E-state index contributed by atoms with van der Waals surface area (Å²) in [6, 6.07) is 16.2. The minimum absolute atomic E-state index is 0.199. The van der Waals surface area contributed by atoms with Crippen molar-refractivity contribution in [1.29, 1.82) is 0 Å². The fourth-order valence-electron chi connectivity index (χ4n) is 2.41. The molecular formula is C17H20Cl2N2. The fourth-order valence-corrected chi connectivity index (χ4v) is 2.80. The number of halogens is 2. The van der Waals surface area contributed by atoms with Crippen LogP contribution in [-0.4, -0.2) is 6.04 Å². The third-order valence-corrected chi connectivity index (χ3v) is 4.17. The second kappa shape index (κ2) is 8.40. The number of nitrogens with two attached hydrogens (primary N) is 1. The Hall–Kier alpha value is -1.06. The average Bonchev–Trinajstić information content (AvgIpc) is 2.51. The first-order valence-electron chi connectivity index (χ1n) is 7.13. The highest BCUT2D eigenvalue weighted by atomic mass is 35.5. The maximum Gasteiger partial charge on any atom is 0.0439 e. The first-order chi connectivity index (χ1) is 10.2. The van der Waals surface area contributed by atoms with E-state index < -0.39 is 0 Å². The molecule has 2 rings (SSSR count). The molecule has 0 radical (unpaired) electrons. The number of rotatable bonds is 7. The molecule has 4 heteroatoms. The van der Waals surface area contributed by atoms with Gasteiger partial charge in [0.2, 0.25) is 0 Å². The Bertz CT molecular complexity index is 558. The molecule has 0 aliphatic carbocycles. The van der Waals surface area contributed by atoms with E-state index in [0.717, 1.165) is 36.3 Å². The molecule has 0 saturated carbocycles. The number of aryl methyl sites for hydroxylation is 1. The molecule has 2 aromatic carbocycles. The highest BCUT2D eigenvalue weighted by Crippen LogP contribution is 2.22. The molecular weight excluding hydrogens is 303 g/mol. The quantitative estimate of drug-likeness (QED) is 0.586. The molecule has 21 heavy (non-hydrogen) atoms. The third kappa shape index (κ3) is 5.33. The summed E-state index contributed by atoms with van der Waals surface area (Å²) >= 11 is 12.2. The van der Waals surface area contributed by atoms with Gasteiger partial charge in [-0.3, -0.25) is 11.3 Å². The van der Waals surface area contributed by atoms with Crippen LogP contribution in [-0.2, 0) is 12.8 Å². The van der Waals surface area contributed by atoms with Crippen molar-refractivity contribution in [3.63, 3.8) is 0 Å².